The SMILES string of the molecule is CC1=C(C(=O)Nc2ccccc2)C(c2ccc(F)cc2)N=C(Nc2nc3ccccc3o2)N1. The molecule has 0 bridgehead atoms. The van der Waals surface area contributed by atoms with Crippen molar-refractivity contribution in [1.29, 1.82) is 0 Å². The van der Waals surface area contributed by atoms with Gasteiger partial charge in [-0.3, -0.25) is 10.1 Å². The minimum atomic E-state index is -0.664. The molecule has 0 spiro atoms. The van der Waals surface area contributed by atoms with E-state index in [0.717, 1.165) is 0 Å². The Kier molecular flexibility index (Phi) is 5.32. The number of fused-ring (bicyclic) bond motifs is 1. The number of oxazole rings is 1. The van der Waals surface area contributed by atoms with Gasteiger partial charge in [-0.05, 0) is 48.9 Å². The maximum absolute atomic E-state index is 13.6. The summed E-state index contributed by atoms with van der Waals surface area (Å²) in [7, 11) is 0. The fourth-order valence-corrected chi connectivity index (χ4v) is 3.67. The molecule has 1 aliphatic heterocycles. The Morgan fingerprint density at radius 2 is 1.73 bits per heavy atom. The standard InChI is InChI=1S/C25H20FN5O2/c1-15-21(23(32)28-18-7-3-2-4-8-18)22(16-11-13-17(26)14-12-16)30-24(27-15)31-25-29-19-9-5-6-10-20(19)33-25/h2-14,22H,1H3,(H,28,32)(H2,27,29,30,31). The summed E-state index contributed by atoms with van der Waals surface area (Å²) in [6.07, 6.45) is 0. The van der Waals surface area contributed by atoms with Gasteiger partial charge in [-0.2, -0.15) is 4.98 Å². The van der Waals surface area contributed by atoms with Gasteiger partial charge in [-0.15, -0.1) is 0 Å². The Balaban J connectivity index is 1.48. The zero-order valence-electron chi connectivity index (χ0n) is 17.7. The van der Waals surface area contributed by atoms with Crippen LogP contribution in [0.4, 0.5) is 16.1 Å². The van der Waals surface area contributed by atoms with Gasteiger partial charge in [0.15, 0.2) is 5.58 Å². The number of aliphatic imine (C=N–C) groups is 1. The number of halogens is 1. The van der Waals surface area contributed by atoms with Crippen LogP contribution in [0.3, 0.4) is 0 Å². The molecule has 1 amide bonds. The van der Waals surface area contributed by atoms with Crippen LogP contribution in [0.25, 0.3) is 11.1 Å². The monoisotopic (exact) mass is 441 g/mol. The van der Waals surface area contributed by atoms with E-state index >= 15 is 0 Å². The molecule has 33 heavy (non-hydrogen) atoms. The normalized spacial score (nSPS) is 15.7. The van der Waals surface area contributed by atoms with Crippen LogP contribution in [-0.4, -0.2) is 16.9 Å². The summed E-state index contributed by atoms with van der Waals surface area (Å²) in [5, 5.41) is 9.07. The third-order valence-electron chi connectivity index (χ3n) is 5.22. The lowest BCUT2D eigenvalue weighted by Gasteiger charge is -2.26. The molecule has 0 radical (unpaired) electrons. The predicted octanol–water partition coefficient (Wildman–Crippen LogP) is 4.99. The van der Waals surface area contributed by atoms with Crippen LogP contribution in [0, 0.1) is 5.82 Å². The van der Waals surface area contributed by atoms with Crippen LogP contribution >= 0.6 is 0 Å². The minimum Gasteiger partial charge on any atom is -0.423 e. The lowest BCUT2D eigenvalue weighted by molar-refractivity contribution is -0.113. The highest BCUT2D eigenvalue weighted by atomic mass is 19.1. The van der Waals surface area contributed by atoms with Crippen LogP contribution in [0.15, 0.2) is 99.5 Å². The average Bonchev–Trinajstić information content (AvgIpc) is 3.22. The van der Waals surface area contributed by atoms with E-state index in [1.807, 2.05) is 42.5 Å². The largest absolute Gasteiger partial charge is 0.423 e. The highest BCUT2D eigenvalue weighted by Gasteiger charge is 2.30. The van der Waals surface area contributed by atoms with Gasteiger partial charge in [0, 0.05) is 11.4 Å². The number of nitrogens with one attached hydrogen (secondary N) is 3. The fraction of sp³-hybridized carbons (Fsp3) is 0.0800. The molecule has 5 rings (SSSR count). The average molecular weight is 441 g/mol. The second kappa shape index (κ2) is 8.58. The van der Waals surface area contributed by atoms with Gasteiger partial charge in [-0.25, -0.2) is 9.38 Å². The van der Waals surface area contributed by atoms with Gasteiger partial charge in [-0.1, -0.05) is 42.5 Å². The fourth-order valence-electron chi connectivity index (χ4n) is 3.67. The van der Waals surface area contributed by atoms with E-state index in [1.54, 1.807) is 31.2 Å². The molecular formula is C25H20FN5O2. The van der Waals surface area contributed by atoms with Gasteiger partial charge in [0.25, 0.3) is 5.91 Å². The number of carbonyl (C=O) groups excluding carboxylic acids is 1. The van der Waals surface area contributed by atoms with Crippen molar-refractivity contribution in [1.82, 2.24) is 10.3 Å². The van der Waals surface area contributed by atoms with Gasteiger partial charge < -0.3 is 15.1 Å². The van der Waals surface area contributed by atoms with Gasteiger partial charge in [0.1, 0.15) is 17.4 Å². The molecule has 3 aromatic carbocycles. The van der Waals surface area contributed by atoms with E-state index in [-0.39, 0.29) is 17.7 Å². The molecule has 0 aliphatic carbocycles. The van der Waals surface area contributed by atoms with E-state index < -0.39 is 6.04 Å². The molecule has 1 aromatic heterocycles. The second-order valence-corrected chi connectivity index (χ2v) is 7.53. The van der Waals surface area contributed by atoms with E-state index in [4.69, 9.17) is 9.41 Å². The number of nitrogens with zero attached hydrogens (tertiary/aromatic N) is 2. The first-order chi connectivity index (χ1) is 16.1. The van der Waals surface area contributed by atoms with Crippen LogP contribution < -0.4 is 16.0 Å². The molecule has 1 atom stereocenters. The molecule has 7 nitrogen and oxygen atoms in total. The molecule has 2 heterocycles. The summed E-state index contributed by atoms with van der Waals surface area (Å²) in [6.45, 7) is 1.79. The lowest BCUT2D eigenvalue weighted by Crippen LogP contribution is -2.37. The Morgan fingerprint density at radius 3 is 2.48 bits per heavy atom. The van der Waals surface area contributed by atoms with Crippen molar-refractivity contribution in [3.63, 3.8) is 0 Å². The second-order valence-electron chi connectivity index (χ2n) is 7.53. The molecule has 0 saturated heterocycles. The molecular weight excluding hydrogens is 421 g/mol. The van der Waals surface area contributed by atoms with Gasteiger partial charge in [0.2, 0.25) is 5.96 Å². The van der Waals surface area contributed by atoms with Crippen molar-refractivity contribution in [2.24, 2.45) is 4.99 Å². The number of anilines is 2. The molecule has 0 fully saturated rings. The first-order valence-corrected chi connectivity index (χ1v) is 10.4. The smallest absolute Gasteiger partial charge is 0.302 e. The summed E-state index contributed by atoms with van der Waals surface area (Å²) in [5.74, 6) is -0.299. The summed E-state index contributed by atoms with van der Waals surface area (Å²) in [6, 6.07) is 22.1. The van der Waals surface area contributed by atoms with Gasteiger partial charge >= 0.3 is 6.01 Å². The number of hydrogen-bond donors (Lipinski definition) is 3. The summed E-state index contributed by atoms with van der Waals surface area (Å²) >= 11 is 0. The van der Waals surface area contributed by atoms with Crippen molar-refractivity contribution in [2.75, 3.05) is 10.6 Å². The molecule has 0 saturated carbocycles. The van der Waals surface area contributed by atoms with Crippen LogP contribution in [0.2, 0.25) is 0 Å². The van der Waals surface area contributed by atoms with Crippen molar-refractivity contribution < 1.29 is 13.6 Å². The number of guanidine groups is 1. The molecule has 8 heteroatoms. The number of hydrogen-bond acceptors (Lipinski definition) is 6. The predicted molar refractivity (Wildman–Crippen MR) is 125 cm³/mol. The number of rotatable bonds is 4. The zero-order chi connectivity index (χ0) is 22.8. The summed E-state index contributed by atoms with van der Waals surface area (Å²) in [4.78, 5) is 22.3. The Bertz CT molecular complexity index is 1340. The number of allylic oxidation sites excluding steroid dienone is 1. The summed E-state index contributed by atoms with van der Waals surface area (Å²) in [5.41, 5.74) is 3.72. The first-order valence-electron chi connectivity index (χ1n) is 10.4. The Morgan fingerprint density at radius 1 is 1.00 bits per heavy atom. The van der Waals surface area contributed by atoms with E-state index in [1.165, 1.54) is 12.1 Å². The van der Waals surface area contributed by atoms with E-state index in [0.29, 0.717) is 39.6 Å². The van der Waals surface area contributed by atoms with Crippen LogP contribution in [0.5, 0.6) is 0 Å². The zero-order valence-corrected chi connectivity index (χ0v) is 17.7. The Hall–Kier alpha value is -4.46. The van der Waals surface area contributed by atoms with Crippen LogP contribution in [-0.2, 0) is 4.79 Å². The van der Waals surface area contributed by atoms with E-state index in [2.05, 4.69) is 20.9 Å². The van der Waals surface area contributed by atoms with Crippen molar-refractivity contribution in [3.05, 3.63) is 102 Å². The topological polar surface area (TPSA) is 91.5 Å². The lowest BCUT2D eigenvalue weighted by atomic mass is 9.95. The number of benzene rings is 3. The first kappa shape index (κ1) is 20.4. The highest BCUT2D eigenvalue weighted by molar-refractivity contribution is 6.07. The van der Waals surface area contributed by atoms with Crippen molar-refractivity contribution in [3.8, 4) is 0 Å². The Labute approximate surface area is 189 Å². The number of carbonyl (C=O) groups is 1. The van der Waals surface area contributed by atoms with Crippen molar-refractivity contribution >= 4 is 34.7 Å². The molecule has 4 aromatic rings. The number of amides is 1. The van der Waals surface area contributed by atoms with E-state index in [9.17, 15) is 9.18 Å². The minimum absolute atomic E-state index is 0.269. The highest BCUT2D eigenvalue weighted by Crippen LogP contribution is 2.32. The number of aromatic nitrogens is 1. The molecule has 1 aliphatic rings. The van der Waals surface area contributed by atoms with Gasteiger partial charge in [0.05, 0.1) is 5.57 Å². The molecule has 3 N–H and O–H groups in total. The summed E-state index contributed by atoms with van der Waals surface area (Å²) < 4.78 is 19.3. The maximum atomic E-state index is 13.6. The van der Waals surface area contributed by atoms with Crippen LogP contribution in [0.1, 0.15) is 18.5 Å². The molecule has 164 valence electrons. The third kappa shape index (κ3) is 4.31. The maximum Gasteiger partial charge on any atom is 0.302 e. The molecule has 1 unspecified atom stereocenters. The number of para-hydroxylation sites is 3. The van der Waals surface area contributed by atoms with Crippen molar-refractivity contribution in [2.45, 2.75) is 13.0 Å². The third-order valence-corrected chi connectivity index (χ3v) is 5.22. The quantitative estimate of drug-likeness (QED) is 0.415.